The van der Waals surface area contributed by atoms with E-state index in [1.54, 1.807) is 42.4 Å². The first kappa shape index (κ1) is 17.7. The largest absolute Gasteiger partial charge is 0.353 e. The van der Waals surface area contributed by atoms with Crippen LogP contribution in [0.2, 0.25) is 0 Å². The quantitative estimate of drug-likeness (QED) is 0.865. The Balaban J connectivity index is 1.47. The van der Waals surface area contributed by atoms with E-state index in [2.05, 4.69) is 25.5 Å². The Morgan fingerprint density at radius 3 is 2.31 bits per heavy atom. The van der Waals surface area contributed by atoms with Crippen LogP contribution in [0.1, 0.15) is 6.92 Å². The molecule has 136 valence electrons. The van der Waals surface area contributed by atoms with Crippen LogP contribution in [-0.4, -0.2) is 59.0 Å². The molecule has 1 aliphatic rings. The Bertz CT molecular complexity index is 732. The Morgan fingerprint density at radius 1 is 1.00 bits per heavy atom. The van der Waals surface area contributed by atoms with Crippen LogP contribution >= 0.6 is 0 Å². The summed E-state index contributed by atoms with van der Waals surface area (Å²) in [6, 6.07) is 10.1. The van der Waals surface area contributed by atoms with Crippen LogP contribution in [0.4, 0.5) is 16.4 Å². The van der Waals surface area contributed by atoms with Gasteiger partial charge in [-0.3, -0.25) is 4.79 Å². The first-order valence-electron chi connectivity index (χ1n) is 8.57. The molecule has 1 aliphatic heterocycles. The predicted octanol–water partition coefficient (Wildman–Crippen LogP) is 1.34. The fraction of sp³-hybridized carbons (Fsp3) is 0.333. The molecule has 0 saturated carbocycles. The molecule has 0 aliphatic carbocycles. The SMILES string of the molecule is C[C@@H](NC(=O)N1CCN(c2ccccn2)CC1)C(=O)Nc1ccccn1. The first-order chi connectivity index (χ1) is 12.6. The summed E-state index contributed by atoms with van der Waals surface area (Å²) in [6.07, 6.45) is 3.36. The molecule has 2 aromatic rings. The zero-order valence-corrected chi connectivity index (χ0v) is 14.6. The topological polar surface area (TPSA) is 90.5 Å². The molecule has 3 rings (SSSR count). The molecule has 1 atom stereocenters. The second-order valence-corrected chi connectivity index (χ2v) is 6.04. The lowest BCUT2D eigenvalue weighted by atomic mass is 10.3. The van der Waals surface area contributed by atoms with Crippen LogP contribution in [0.3, 0.4) is 0 Å². The van der Waals surface area contributed by atoms with Crippen molar-refractivity contribution in [3.63, 3.8) is 0 Å². The van der Waals surface area contributed by atoms with Gasteiger partial charge in [-0.15, -0.1) is 0 Å². The van der Waals surface area contributed by atoms with Gasteiger partial charge in [0, 0.05) is 38.6 Å². The predicted molar refractivity (Wildman–Crippen MR) is 98.9 cm³/mol. The zero-order valence-electron chi connectivity index (χ0n) is 14.6. The molecule has 1 saturated heterocycles. The highest BCUT2D eigenvalue weighted by molar-refractivity contribution is 5.96. The molecule has 8 heteroatoms. The van der Waals surface area contributed by atoms with Crippen LogP contribution in [0, 0.1) is 0 Å². The number of hydrogen-bond acceptors (Lipinski definition) is 5. The molecule has 26 heavy (non-hydrogen) atoms. The minimum absolute atomic E-state index is 0.241. The highest BCUT2D eigenvalue weighted by atomic mass is 16.2. The lowest BCUT2D eigenvalue weighted by molar-refractivity contribution is -0.117. The molecule has 0 aromatic carbocycles. The number of nitrogens with one attached hydrogen (secondary N) is 2. The molecule has 2 aromatic heterocycles. The van der Waals surface area contributed by atoms with Crippen molar-refractivity contribution in [2.75, 3.05) is 36.4 Å². The summed E-state index contributed by atoms with van der Waals surface area (Å²) in [7, 11) is 0. The van der Waals surface area contributed by atoms with E-state index in [-0.39, 0.29) is 11.9 Å². The fourth-order valence-corrected chi connectivity index (χ4v) is 2.69. The maximum absolute atomic E-state index is 12.4. The average molecular weight is 354 g/mol. The van der Waals surface area contributed by atoms with Gasteiger partial charge in [0.05, 0.1) is 0 Å². The summed E-state index contributed by atoms with van der Waals surface area (Å²) in [5.74, 6) is 1.07. The number of urea groups is 1. The summed E-state index contributed by atoms with van der Waals surface area (Å²) >= 11 is 0. The fourth-order valence-electron chi connectivity index (χ4n) is 2.69. The number of hydrogen-bond donors (Lipinski definition) is 2. The molecular weight excluding hydrogens is 332 g/mol. The highest BCUT2D eigenvalue weighted by Gasteiger charge is 2.24. The second kappa shape index (κ2) is 8.28. The van der Waals surface area contributed by atoms with E-state index >= 15 is 0 Å². The number of carbonyl (C=O) groups is 2. The Morgan fingerprint density at radius 2 is 1.69 bits per heavy atom. The van der Waals surface area contributed by atoms with Gasteiger partial charge in [-0.2, -0.15) is 0 Å². The standard InChI is InChI=1S/C18H22N6O2/c1-14(17(25)22-15-6-2-4-8-19-15)21-18(26)24-12-10-23(11-13-24)16-7-3-5-9-20-16/h2-9,14H,10-13H2,1H3,(H,21,26)(H,19,22,25)/t14-/m1/s1. The van der Waals surface area contributed by atoms with Crippen LogP contribution in [0.5, 0.6) is 0 Å². The summed E-state index contributed by atoms with van der Waals surface area (Å²) in [5.41, 5.74) is 0. The van der Waals surface area contributed by atoms with Crippen molar-refractivity contribution < 1.29 is 9.59 Å². The lowest BCUT2D eigenvalue weighted by Gasteiger charge is -2.35. The van der Waals surface area contributed by atoms with E-state index in [1.165, 1.54) is 0 Å². The number of piperazine rings is 1. The number of amides is 3. The first-order valence-corrected chi connectivity index (χ1v) is 8.57. The maximum atomic E-state index is 12.4. The minimum atomic E-state index is -0.654. The van der Waals surface area contributed by atoms with Crippen LogP contribution in [0.25, 0.3) is 0 Å². The summed E-state index contributed by atoms with van der Waals surface area (Å²) < 4.78 is 0. The van der Waals surface area contributed by atoms with Crippen LogP contribution in [0.15, 0.2) is 48.8 Å². The lowest BCUT2D eigenvalue weighted by Crippen LogP contribution is -2.54. The third-order valence-corrected chi connectivity index (χ3v) is 4.19. The van der Waals surface area contributed by atoms with Crippen molar-refractivity contribution in [2.45, 2.75) is 13.0 Å². The van der Waals surface area contributed by atoms with E-state index in [0.717, 1.165) is 5.82 Å². The van der Waals surface area contributed by atoms with Gasteiger partial charge >= 0.3 is 6.03 Å². The van der Waals surface area contributed by atoms with Gasteiger partial charge in [-0.05, 0) is 31.2 Å². The van der Waals surface area contributed by atoms with Crippen molar-refractivity contribution in [1.29, 1.82) is 0 Å². The number of carbonyl (C=O) groups excluding carboxylic acids is 2. The van der Waals surface area contributed by atoms with Crippen molar-refractivity contribution in [1.82, 2.24) is 20.2 Å². The molecule has 0 bridgehead atoms. The summed E-state index contributed by atoms with van der Waals surface area (Å²) in [5, 5.41) is 5.42. The Hall–Kier alpha value is -3.16. The number of nitrogens with zero attached hydrogens (tertiary/aromatic N) is 4. The molecule has 0 radical (unpaired) electrons. The number of pyridine rings is 2. The summed E-state index contributed by atoms with van der Waals surface area (Å²) in [6.45, 7) is 4.23. The molecule has 3 amide bonds. The Kier molecular flexibility index (Phi) is 5.62. The molecule has 0 unspecified atom stereocenters. The third-order valence-electron chi connectivity index (χ3n) is 4.19. The summed E-state index contributed by atoms with van der Waals surface area (Å²) in [4.78, 5) is 36.8. The van der Waals surface area contributed by atoms with Gasteiger partial charge in [0.15, 0.2) is 0 Å². The van der Waals surface area contributed by atoms with Gasteiger partial charge in [0.2, 0.25) is 5.91 Å². The van der Waals surface area contributed by atoms with Crippen molar-refractivity contribution >= 4 is 23.6 Å². The zero-order chi connectivity index (χ0) is 18.4. The maximum Gasteiger partial charge on any atom is 0.318 e. The normalized spacial score (nSPS) is 15.3. The molecule has 8 nitrogen and oxygen atoms in total. The Labute approximate surface area is 152 Å². The molecule has 2 N–H and O–H groups in total. The van der Waals surface area contributed by atoms with E-state index in [9.17, 15) is 9.59 Å². The van der Waals surface area contributed by atoms with Gasteiger partial charge in [0.1, 0.15) is 17.7 Å². The molecule has 3 heterocycles. The number of rotatable bonds is 4. The van der Waals surface area contributed by atoms with Crippen molar-refractivity contribution in [2.24, 2.45) is 0 Å². The minimum Gasteiger partial charge on any atom is -0.353 e. The smallest absolute Gasteiger partial charge is 0.318 e. The second-order valence-electron chi connectivity index (χ2n) is 6.04. The van der Waals surface area contributed by atoms with Crippen molar-refractivity contribution in [3.8, 4) is 0 Å². The molecule has 0 spiro atoms. The molecular formula is C18H22N6O2. The van der Waals surface area contributed by atoms with E-state index < -0.39 is 6.04 Å². The van der Waals surface area contributed by atoms with Gasteiger partial charge in [-0.25, -0.2) is 14.8 Å². The average Bonchev–Trinajstić information content (AvgIpc) is 2.69. The van der Waals surface area contributed by atoms with Gasteiger partial charge in [0.25, 0.3) is 0 Å². The van der Waals surface area contributed by atoms with Crippen molar-refractivity contribution in [3.05, 3.63) is 48.8 Å². The van der Waals surface area contributed by atoms with Gasteiger partial charge < -0.3 is 20.4 Å². The van der Waals surface area contributed by atoms with E-state index in [1.807, 2.05) is 18.2 Å². The monoisotopic (exact) mass is 354 g/mol. The number of anilines is 2. The highest BCUT2D eigenvalue weighted by Crippen LogP contribution is 2.12. The van der Waals surface area contributed by atoms with E-state index in [4.69, 9.17) is 0 Å². The van der Waals surface area contributed by atoms with Crippen LogP contribution < -0.4 is 15.5 Å². The van der Waals surface area contributed by atoms with E-state index in [0.29, 0.717) is 32.0 Å². The number of aromatic nitrogens is 2. The van der Waals surface area contributed by atoms with Crippen LogP contribution in [-0.2, 0) is 4.79 Å². The third kappa shape index (κ3) is 4.47. The van der Waals surface area contributed by atoms with Gasteiger partial charge in [-0.1, -0.05) is 12.1 Å². The molecule has 1 fully saturated rings.